The Morgan fingerprint density at radius 2 is 2.05 bits per heavy atom. The van der Waals surface area contributed by atoms with Crippen LogP contribution >= 0.6 is 0 Å². The first-order valence-electron chi connectivity index (χ1n) is 8.14. The Morgan fingerprint density at radius 3 is 2.77 bits per heavy atom. The van der Waals surface area contributed by atoms with Crippen LogP contribution in [0.5, 0.6) is 0 Å². The Balaban J connectivity index is 1.79. The number of carbonyl (C=O) groups is 1. The number of carbonyl (C=O) groups excluding carboxylic acids is 1. The Kier molecular flexibility index (Phi) is 4.62. The van der Waals surface area contributed by atoms with Crippen LogP contribution in [0.15, 0.2) is 30.3 Å². The standard InChI is InChI=1S/C18H25NO3/c1-18(2)21-13-16-17(22-18)9-8-15(10-11-20)19(16)12-14-6-4-3-5-7-14/h3-7,11,15-17H,8-10,12-13H2,1-2H3/t15-,16+,17-/m1/s1. The smallest absolute Gasteiger partial charge is 0.163 e. The lowest BCUT2D eigenvalue weighted by atomic mass is 9.90. The number of benzene rings is 1. The minimum absolute atomic E-state index is 0.190. The predicted octanol–water partition coefficient (Wildman–Crippen LogP) is 2.76. The maximum atomic E-state index is 11.0. The first-order chi connectivity index (χ1) is 10.6. The highest BCUT2D eigenvalue weighted by atomic mass is 16.7. The van der Waals surface area contributed by atoms with Gasteiger partial charge in [0.25, 0.3) is 0 Å². The van der Waals surface area contributed by atoms with E-state index in [-0.39, 0.29) is 18.2 Å². The van der Waals surface area contributed by atoms with E-state index in [2.05, 4.69) is 29.2 Å². The molecule has 3 atom stereocenters. The predicted molar refractivity (Wildman–Crippen MR) is 84.4 cm³/mol. The van der Waals surface area contributed by atoms with Crippen molar-refractivity contribution >= 4 is 6.29 Å². The van der Waals surface area contributed by atoms with E-state index in [1.54, 1.807) is 0 Å². The summed E-state index contributed by atoms with van der Waals surface area (Å²) < 4.78 is 12.0. The molecule has 1 aromatic rings. The molecule has 2 aliphatic heterocycles. The monoisotopic (exact) mass is 303 g/mol. The highest BCUT2D eigenvalue weighted by Gasteiger charge is 2.44. The zero-order chi connectivity index (χ0) is 15.6. The van der Waals surface area contributed by atoms with Gasteiger partial charge in [0.1, 0.15) is 6.29 Å². The zero-order valence-electron chi connectivity index (χ0n) is 13.4. The Bertz CT molecular complexity index is 502. The van der Waals surface area contributed by atoms with Crippen molar-refractivity contribution in [1.29, 1.82) is 0 Å². The van der Waals surface area contributed by atoms with Crippen LogP contribution in [-0.4, -0.2) is 41.8 Å². The largest absolute Gasteiger partial charge is 0.349 e. The van der Waals surface area contributed by atoms with E-state index in [1.807, 2.05) is 19.9 Å². The number of hydrogen-bond acceptors (Lipinski definition) is 4. The second kappa shape index (κ2) is 6.49. The van der Waals surface area contributed by atoms with E-state index >= 15 is 0 Å². The normalized spacial score (nSPS) is 31.5. The zero-order valence-corrected chi connectivity index (χ0v) is 13.4. The topological polar surface area (TPSA) is 38.8 Å². The van der Waals surface area contributed by atoms with E-state index in [9.17, 15) is 4.79 Å². The molecule has 0 spiro atoms. The number of rotatable bonds is 4. The van der Waals surface area contributed by atoms with Crippen molar-refractivity contribution in [2.75, 3.05) is 6.61 Å². The summed E-state index contributed by atoms with van der Waals surface area (Å²) in [6, 6.07) is 10.9. The third-order valence-electron chi connectivity index (χ3n) is 4.72. The fourth-order valence-corrected chi connectivity index (χ4v) is 3.63. The second-order valence-electron chi connectivity index (χ2n) is 6.73. The van der Waals surface area contributed by atoms with E-state index in [0.717, 1.165) is 25.7 Å². The minimum Gasteiger partial charge on any atom is -0.349 e. The van der Waals surface area contributed by atoms with Gasteiger partial charge in [-0.25, -0.2) is 0 Å². The quantitative estimate of drug-likeness (QED) is 0.802. The van der Waals surface area contributed by atoms with Gasteiger partial charge >= 0.3 is 0 Å². The van der Waals surface area contributed by atoms with Gasteiger partial charge in [0.2, 0.25) is 0 Å². The molecule has 2 saturated heterocycles. The molecule has 0 aliphatic carbocycles. The van der Waals surface area contributed by atoms with Crippen LogP contribution < -0.4 is 0 Å². The third-order valence-corrected chi connectivity index (χ3v) is 4.72. The summed E-state index contributed by atoms with van der Waals surface area (Å²) in [5, 5.41) is 0. The lowest BCUT2D eigenvalue weighted by Crippen LogP contribution is -2.61. The van der Waals surface area contributed by atoms with Crippen molar-refractivity contribution in [3.05, 3.63) is 35.9 Å². The van der Waals surface area contributed by atoms with Gasteiger partial charge in [0, 0.05) is 19.0 Å². The Labute approximate surface area is 132 Å². The van der Waals surface area contributed by atoms with Gasteiger partial charge in [-0.1, -0.05) is 30.3 Å². The summed E-state index contributed by atoms with van der Waals surface area (Å²) in [4.78, 5) is 13.5. The van der Waals surface area contributed by atoms with Gasteiger partial charge in [-0.3, -0.25) is 4.90 Å². The van der Waals surface area contributed by atoms with Crippen LogP contribution in [0.4, 0.5) is 0 Å². The number of piperidine rings is 1. The number of aldehydes is 1. The first-order valence-corrected chi connectivity index (χ1v) is 8.14. The fourth-order valence-electron chi connectivity index (χ4n) is 3.63. The molecule has 0 saturated carbocycles. The first kappa shape index (κ1) is 15.7. The summed E-state index contributed by atoms with van der Waals surface area (Å²) in [6.07, 6.45) is 3.82. The van der Waals surface area contributed by atoms with Crippen molar-refractivity contribution < 1.29 is 14.3 Å². The van der Waals surface area contributed by atoms with Crippen molar-refractivity contribution in [3.63, 3.8) is 0 Å². The molecule has 2 fully saturated rings. The lowest BCUT2D eigenvalue weighted by Gasteiger charge is -2.51. The van der Waals surface area contributed by atoms with E-state index in [4.69, 9.17) is 9.47 Å². The Morgan fingerprint density at radius 1 is 1.27 bits per heavy atom. The van der Waals surface area contributed by atoms with Crippen LogP contribution in [0.25, 0.3) is 0 Å². The molecule has 1 aromatic carbocycles. The molecule has 0 bridgehead atoms. The van der Waals surface area contributed by atoms with Gasteiger partial charge in [-0.05, 0) is 32.3 Å². The molecule has 4 heteroatoms. The van der Waals surface area contributed by atoms with Gasteiger partial charge in [-0.15, -0.1) is 0 Å². The number of fused-ring (bicyclic) bond motifs is 1. The molecular formula is C18H25NO3. The molecule has 0 unspecified atom stereocenters. The maximum absolute atomic E-state index is 11.0. The van der Waals surface area contributed by atoms with E-state index in [0.29, 0.717) is 13.0 Å². The molecule has 0 N–H and O–H groups in total. The van der Waals surface area contributed by atoms with Gasteiger partial charge in [0.15, 0.2) is 5.79 Å². The van der Waals surface area contributed by atoms with Crippen LogP contribution in [0.3, 0.4) is 0 Å². The molecule has 0 amide bonds. The van der Waals surface area contributed by atoms with E-state index in [1.165, 1.54) is 5.56 Å². The van der Waals surface area contributed by atoms with Crippen LogP contribution in [0.1, 0.15) is 38.7 Å². The average Bonchev–Trinajstić information content (AvgIpc) is 2.50. The van der Waals surface area contributed by atoms with Crippen molar-refractivity contribution in [1.82, 2.24) is 4.90 Å². The summed E-state index contributed by atoms with van der Waals surface area (Å²) in [6.45, 7) is 5.46. The highest BCUT2D eigenvalue weighted by molar-refractivity contribution is 5.50. The molecule has 0 aromatic heterocycles. The highest BCUT2D eigenvalue weighted by Crippen LogP contribution is 2.35. The van der Waals surface area contributed by atoms with E-state index < -0.39 is 5.79 Å². The van der Waals surface area contributed by atoms with Crippen molar-refractivity contribution in [2.45, 2.75) is 63.6 Å². The number of hydrogen-bond donors (Lipinski definition) is 0. The molecule has 2 aliphatic rings. The molecular weight excluding hydrogens is 278 g/mol. The minimum atomic E-state index is -0.503. The number of likely N-dealkylation sites (tertiary alicyclic amines) is 1. The number of nitrogens with zero attached hydrogens (tertiary/aromatic N) is 1. The van der Waals surface area contributed by atoms with Crippen LogP contribution in [0.2, 0.25) is 0 Å². The lowest BCUT2D eigenvalue weighted by molar-refractivity contribution is -0.305. The van der Waals surface area contributed by atoms with Gasteiger partial charge < -0.3 is 14.3 Å². The fraction of sp³-hybridized carbons (Fsp3) is 0.611. The molecule has 120 valence electrons. The van der Waals surface area contributed by atoms with Crippen molar-refractivity contribution in [3.8, 4) is 0 Å². The summed E-state index contributed by atoms with van der Waals surface area (Å²) in [5.41, 5.74) is 1.27. The number of ether oxygens (including phenoxy) is 2. The molecule has 0 radical (unpaired) electrons. The molecule has 2 heterocycles. The SMILES string of the molecule is CC1(C)OC[C@H]2[C@@H](CC[C@H](CC=O)N2Cc2ccccc2)O1. The molecule has 22 heavy (non-hydrogen) atoms. The summed E-state index contributed by atoms with van der Waals surface area (Å²) in [5.74, 6) is -0.503. The second-order valence-corrected chi connectivity index (χ2v) is 6.73. The van der Waals surface area contributed by atoms with Crippen molar-refractivity contribution in [2.24, 2.45) is 0 Å². The third kappa shape index (κ3) is 3.40. The maximum Gasteiger partial charge on any atom is 0.163 e. The molecule has 4 nitrogen and oxygen atoms in total. The van der Waals surface area contributed by atoms with Gasteiger partial charge in [0.05, 0.1) is 18.8 Å². The summed E-state index contributed by atoms with van der Waals surface area (Å²) >= 11 is 0. The summed E-state index contributed by atoms with van der Waals surface area (Å²) in [7, 11) is 0. The average molecular weight is 303 g/mol. The molecule has 3 rings (SSSR count). The van der Waals surface area contributed by atoms with Crippen LogP contribution in [0, 0.1) is 0 Å². The Hall–Kier alpha value is -1.23. The van der Waals surface area contributed by atoms with Gasteiger partial charge in [-0.2, -0.15) is 0 Å². The van der Waals surface area contributed by atoms with Crippen LogP contribution in [-0.2, 0) is 20.8 Å².